The van der Waals surface area contributed by atoms with Crippen molar-refractivity contribution >= 4 is 11.9 Å². The molecule has 0 bridgehead atoms. The molecule has 2 aliphatic carbocycles. The van der Waals surface area contributed by atoms with Crippen LogP contribution in [0.2, 0.25) is 0 Å². The fourth-order valence-electron chi connectivity index (χ4n) is 1.58. The van der Waals surface area contributed by atoms with Crippen LogP contribution in [0, 0.1) is 11.8 Å². The van der Waals surface area contributed by atoms with E-state index in [0.717, 1.165) is 0 Å². The number of carboxylic acids is 2. The van der Waals surface area contributed by atoms with E-state index >= 15 is 0 Å². The van der Waals surface area contributed by atoms with E-state index in [9.17, 15) is 9.59 Å². The van der Waals surface area contributed by atoms with Gasteiger partial charge in [0.1, 0.15) is 0 Å². The average molecular weight is 232 g/mol. The maximum atomic E-state index is 10.0. The van der Waals surface area contributed by atoms with Gasteiger partial charge in [-0.2, -0.15) is 0 Å². The van der Waals surface area contributed by atoms with Crippen LogP contribution in [-0.2, 0) is 9.59 Å². The van der Waals surface area contributed by atoms with Gasteiger partial charge in [-0.05, 0) is 25.7 Å². The normalized spacial score (nSPS) is 36.1. The van der Waals surface area contributed by atoms with Crippen LogP contribution in [0.15, 0.2) is 0 Å². The van der Waals surface area contributed by atoms with E-state index in [0.29, 0.717) is 25.7 Å². The van der Waals surface area contributed by atoms with Crippen molar-refractivity contribution in [1.82, 2.24) is 0 Å². The summed E-state index contributed by atoms with van der Waals surface area (Å²) in [6.07, 6.45) is 1.06. The molecule has 6 nitrogen and oxygen atoms in total. The second-order valence-corrected chi connectivity index (χ2v) is 4.32. The first-order valence-corrected chi connectivity index (χ1v) is 5.22. The number of carbonyl (C=O) groups is 2. The molecular formula is C10H16O6. The summed E-state index contributed by atoms with van der Waals surface area (Å²) in [6, 6.07) is 0. The van der Waals surface area contributed by atoms with E-state index in [1.807, 2.05) is 0 Å². The number of hydrogen-bond donors (Lipinski definition) is 4. The molecule has 0 atom stereocenters. The zero-order chi connectivity index (χ0) is 12.3. The van der Waals surface area contributed by atoms with Crippen molar-refractivity contribution in [2.45, 2.75) is 37.9 Å². The monoisotopic (exact) mass is 232 g/mol. The van der Waals surface area contributed by atoms with E-state index in [1.54, 1.807) is 0 Å². The Morgan fingerprint density at radius 2 is 1.00 bits per heavy atom. The molecule has 0 saturated heterocycles. The number of carboxylic acid groups (broad SMARTS) is 2. The summed E-state index contributed by atoms with van der Waals surface area (Å²) in [6.45, 7) is 0. The third-order valence-electron chi connectivity index (χ3n) is 2.92. The Balaban J connectivity index is 0.000000160. The van der Waals surface area contributed by atoms with Crippen molar-refractivity contribution < 1.29 is 30.0 Å². The van der Waals surface area contributed by atoms with Crippen LogP contribution >= 0.6 is 0 Å². The molecule has 0 aromatic rings. The lowest BCUT2D eigenvalue weighted by Gasteiger charge is -2.27. The standard InChI is InChI=1S/2C5H8O3/c2*6-4-1-3(2-4)5(7)8/h2*3-4,6H,1-2H2,(H,7,8). The highest BCUT2D eigenvalue weighted by Gasteiger charge is 2.33. The molecule has 0 heterocycles. The Morgan fingerprint density at radius 1 is 0.750 bits per heavy atom. The predicted octanol–water partition coefficient (Wildman–Crippen LogP) is -0.316. The van der Waals surface area contributed by atoms with Crippen LogP contribution < -0.4 is 0 Å². The van der Waals surface area contributed by atoms with Gasteiger partial charge in [-0.15, -0.1) is 0 Å². The molecule has 16 heavy (non-hydrogen) atoms. The number of hydrogen-bond acceptors (Lipinski definition) is 4. The minimum atomic E-state index is -0.782. The SMILES string of the molecule is O=C(O)C1CC(O)C1.O=C(O)C1CC(O)C1. The van der Waals surface area contributed by atoms with Crippen molar-refractivity contribution in [3.63, 3.8) is 0 Å². The van der Waals surface area contributed by atoms with Crippen molar-refractivity contribution in [2.75, 3.05) is 0 Å². The van der Waals surface area contributed by atoms with Crippen molar-refractivity contribution in [2.24, 2.45) is 11.8 Å². The van der Waals surface area contributed by atoms with Crippen LogP contribution in [0.1, 0.15) is 25.7 Å². The Labute approximate surface area is 92.5 Å². The molecule has 6 heteroatoms. The maximum Gasteiger partial charge on any atom is 0.306 e. The van der Waals surface area contributed by atoms with Gasteiger partial charge in [0, 0.05) is 0 Å². The summed E-state index contributed by atoms with van der Waals surface area (Å²) in [5.74, 6) is -2.11. The van der Waals surface area contributed by atoms with Gasteiger partial charge in [-0.1, -0.05) is 0 Å². The highest BCUT2D eigenvalue weighted by Crippen LogP contribution is 2.27. The van der Waals surface area contributed by atoms with Gasteiger partial charge in [-0.25, -0.2) is 0 Å². The first-order chi connectivity index (χ1) is 7.40. The zero-order valence-electron chi connectivity index (χ0n) is 8.74. The van der Waals surface area contributed by atoms with Crippen molar-refractivity contribution in [3.8, 4) is 0 Å². The largest absolute Gasteiger partial charge is 0.481 e. The summed E-state index contributed by atoms with van der Waals surface area (Å²) in [5.41, 5.74) is 0. The van der Waals surface area contributed by atoms with E-state index in [2.05, 4.69) is 0 Å². The molecule has 2 rings (SSSR count). The molecule has 0 unspecified atom stereocenters. The number of rotatable bonds is 2. The Bertz CT molecular complexity index is 236. The molecule has 0 spiro atoms. The average Bonchev–Trinajstić information content (AvgIpc) is 2.08. The smallest absolute Gasteiger partial charge is 0.306 e. The molecule has 0 aliphatic heterocycles. The number of aliphatic carboxylic acids is 2. The number of aliphatic hydroxyl groups is 2. The van der Waals surface area contributed by atoms with Gasteiger partial charge in [0.05, 0.1) is 24.0 Å². The second-order valence-electron chi connectivity index (χ2n) is 4.32. The van der Waals surface area contributed by atoms with Crippen LogP contribution in [0.4, 0.5) is 0 Å². The van der Waals surface area contributed by atoms with Crippen LogP contribution in [0.3, 0.4) is 0 Å². The molecule has 2 aliphatic rings. The van der Waals surface area contributed by atoms with Gasteiger partial charge < -0.3 is 20.4 Å². The molecule has 0 aromatic carbocycles. The topological polar surface area (TPSA) is 115 Å². The molecule has 0 amide bonds. The lowest BCUT2D eigenvalue weighted by Crippen LogP contribution is -2.33. The van der Waals surface area contributed by atoms with E-state index in [-0.39, 0.29) is 24.0 Å². The third-order valence-corrected chi connectivity index (χ3v) is 2.92. The van der Waals surface area contributed by atoms with Gasteiger partial charge in [0.25, 0.3) is 0 Å². The fraction of sp³-hybridized carbons (Fsp3) is 0.800. The summed E-state index contributed by atoms with van der Waals surface area (Å²) < 4.78 is 0. The first-order valence-electron chi connectivity index (χ1n) is 5.22. The predicted molar refractivity (Wildman–Crippen MR) is 52.7 cm³/mol. The summed E-state index contributed by atoms with van der Waals surface area (Å²) in [7, 11) is 0. The summed E-state index contributed by atoms with van der Waals surface area (Å²) in [5, 5.41) is 33.7. The van der Waals surface area contributed by atoms with Gasteiger partial charge in [-0.3, -0.25) is 9.59 Å². The Morgan fingerprint density at radius 3 is 1.06 bits per heavy atom. The summed E-state index contributed by atoms with van der Waals surface area (Å²) >= 11 is 0. The van der Waals surface area contributed by atoms with Crippen LogP contribution in [-0.4, -0.2) is 44.6 Å². The van der Waals surface area contributed by atoms with E-state index in [4.69, 9.17) is 20.4 Å². The van der Waals surface area contributed by atoms with Crippen molar-refractivity contribution in [1.29, 1.82) is 0 Å². The molecule has 2 fully saturated rings. The molecule has 0 radical (unpaired) electrons. The second kappa shape index (κ2) is 5.27. The quantitative estimate of drug-likeness (QED) is 0.519. The fourth-order valence-corrected chi connectivity index (χ4v) is 1.58. The molecule has 92 valence electrons. The lowest BCUT2D eigenvalue weighted by molar-refractivity contribution is -0.149. The Kier molecular flexibility index (Phi) is 4.26. The molecule has 2 saturated carbocycles. The molecule has 4 N–H and O–H groups in total. The third kappa shape index (κ3) is 3.46. The van der Waals surface area contributed by atoms with Gasteiger partial charge in [0.15, 0.2) is 0 Å². The van der Waals surface area contributed by atoms with Crippen LogP contribution in [0.25, 0.3) is 0 Å². The Hall–Kier alpha value is -1.14. The molecule has 0 aromatic heterocycles. The lowest BCUT2D eigenvalue weighted by atomic mass is 9.83. The van der Waals surface area contributed by atoms with Gasteiger partial charge in [0.2, 0.25) is 0 Å². The first kappa shape index (κ1) is 12.9. The minimum absolute atomic E-state index is 0.273. The maximum absolute atomic E-state index is 10.0. The van der Waals surface area contributed by atoms with Crippen molar-refractivity contribution in [3.05, 3.63) is 0 Å². The van der Waals surface area contributed by atoms with Crippen LogP contribution in [0.5, 0.6) is 0 Å². The minimum Gasteiger partial charge on any atom is -0.481 e. The van der Waals surface area contributed by atoms with E-state index < -0.39 is 11.9 Å². The zero-order valence-corrected chi connectivity index (χ0v) is 8.74. The van der Waals surface area contributed by atoms with Gasteiger partial charge >= 0.3 is 11.9 Å². The summed E-state index contributed by atoms with van der Waals surface area (Å²) in [4.78, 5) is 20.0. The highest BCUT2D eigenvalue weighted by molar-refractivity contribution is 5.71. The highest BCUT2D eigenvalue weighted by atomic mass is 16.4. The molecular weight excluding hydrogens is 216 g/mol. The van der Waals surface area contributed by atoms with E-state index in [1.165, 1.54) is 0 Å². The number of aliphatic hydroxyl groups excluding tert-OH is 2.